The Labute approximate surface area is 148 Å². The van der Waals surface area contributed by atoms with Crippen LogP contribution >= 0.6 is 23.2 Å². The summed E-state index contributed by atoms with van der Waals surface area (Å²) in [6.07, 6.45) is 3.42. The lowest BCUT2D eigenvalue weighted by atomic mass is 10.0. The van der Waals surface area contributed by atoms with E-state index in [2.05, 4.69) is 10.2 Å². The lowest BCUT2D eigenvalue weighted by Crippen LogP contribution is -2.40. The molecule has 24 heavy (non-hydrogen) atoms. The van der Waals surface area contributed by atoms with Gasteiger partial charge in [0.25, 0.3) is 5.91 Å². The summed E-state index contributed by atoms with van der Waals surface area (Å²) >= 11 is 12.7. The third-order valence-corrected chi connectivity index (χ3v) is 5.28. The number of fused-ring (bicyclic) bond motifs is 3. The average molecular weight is 364 g/mol. The number of aromatic amines is 1. The molecule has 0 radical (unpaired) electrons. The molecule has 0 saturated carbocycles. The molecular weight excluding hydrogens is 349 g/mol. The second kappa shape index (κ2) is 5.43. The third-order valence-electron chi connectivity index (χ3n) is 4.50. The Balaban J connectivity index is 2.18. The van der Waals surface area contributed by atoms with Crippen LogP contribution in [0.2, 0.25) is 10.0 Å². The number of hydrogen-bond acceptors (Lipinski definition) is 3. The van der Waals surface area contributed by atoms with E-state index in [1.165, 1.54) is 0 Å². The van der Waals surface area contributed by atoms with Gasteiger partial charge in [-0.2, -0.15) is 5.10 Å². The van der Waals surface area contributed by atoms with Gasteiger partial charge in [0.05, 0.1) is 21.8 Å². The van der Waals surface area contributed by atoms with Crippen LogP contribution in [-0.2, 0) is 6.54 Å². The van der Waals surface area contributed by atoms with Crippen LogP contribution in [0.25, 0.3) is 22.0 Å². The van der Waals surface area contributed by atoms with Crippen LogP contribution in [-0.4, -0.2) is 38.7 Å². The number of nitrogen functional groups attached to an aromatic ring is 1. The molecule has 3 aromatic rings. The summed E-state index contributed by atoms with van der Waals surface area (Å²) in [6.45, 7) is 3.88. The smallest absolute Gasteiger partial charge is 0.271 e. The molecule has 8 heteroatoms. The van der Waals surface area contributed by atoms with Crippen molar-refractivity contribution < 1.29 is 4.79 Å². The number of anilines is 1. The van der Waals surface area contributed by atoms with Crippen molar-refractivity contribution in [1.82, 2.24) is 19.7 Å². The maximum atomic E-state index is 13.0. The van der Waals surface area contributed by atoms with E-state index in [1.54, 1.807) is 18.5 Å². The Hall–Kier alpha value is -2.18. The Morgan fingerprint density at radius 2 is 2.17 bits per heavy atom. The quantitative estimate of drug-likeness (QED) is 0.684. The molecule has 4 rings (SSSR count). The van der Waals surface area contributed by atoms with E-state index in [4.69, 9.17) is 28.9 Å². The first-order chi connectivity index (χ1) is 11.5. The fourth-order valence-corrected chi connectivity index (χ4v) is 3.86. The molecule has 3 N–H and O–H groups in total. The van der Waals surface area contributed by atoms with Crippen LogP contribution < -0.4 is 5.73 Å². The van der Waals surface area contributed by atoms with E-state index in [9.17, 15) is 4.79 Å². The molecule has 3 heterocycles. The zero-order valence-corrected chi connectivity index (χ0v) is 14.4. The summed E-state index contributed by atoms with van der Waals surface area (Å²) in [6, 6.07) is 1.63. The van der Waals surface area contributed by atoms with Crippen molar-refractivity contribution in [1.29, 1.82) is 0 Å². The Morgan fingerprint density at radius 3 is 2.83 bits per heavy atom. The zero-order valence-electron chi connectivity index (χ0n) is 12.9. The number of carbonyl (C=O) groups is 1. The predicted molar refractivity (Wildman–Crippen MR) is 95.5 cm³/mol. The number of nitrogens with zero attached hydrogens (tertiary/aromatic N) is 3. The number of rotatable bonds is 2. The first-order valence-corrected chi connectivity index (χ1v) is 8.38. The van der Waals surface area contributed by atoms with E-state index in [0.717, 1.165) is 16.5 Å². The van der Waals surface area contributed by atoms with Crippen molar-refractivity contribution in [2.24, 2.45) is 0 Å². The fourth-order valence-electron chi connectivity index (χ4n) is 3.40. The molecule has 1 aliphatic rings. The van der Waals surface area contributed by atoms with Crippen molar-refractivity contribution in [3.8, 4) is 11.1 Å². The minimum Gasteiger partial charge on any atom is -0.398 e. The minimum atomic E-state index is -0.0391. The van der Waals surface area contributed by atoms with Gasteiger partial charge >= 0.3 is 0 Å². The van der Waals surface area contributed by atoms with Crippen molar-refractivity contribution in [3.05, 3.63) is 34.2 Å². The highest BCUT2D eigenvalue weighted by Gasteiger charge is 2.33. The molecule has 0 unspecified atom stereocenters. The number of nitrogens with two attached hydrogens (primary N) is 1. The van der Waals surface area contributed by atoms with E-state index < -0.39 is 0 Å². The number of likely N-dealkylation sites (N-methyl/N-ethyl adjacent to an activating group) is 1. The SMILES string of the molecule is CCN1CCn2c(c(-c3cn[nH]c3)c3c(N)cc(Cl)c(Cl)c32)C1=O. The first kappa shape index (κ1) is 15.4. The number of halogens is 2. The molecular formula is C16H15Cl2N5O. The van der Waals surface area contributed by atoms with Gasteiger partial charge < -0.3 is 15.2 Å². The van der Waals surface area contributed by atoms with Gasteiger partial charge in [0, 0.05) is 48.0 Å². The largest absolute Gasteiger partial charge is 0.398 e. The molecule has 2 aromatic heterocycles. The number of hydrogen-bond donors (Lipinski definition) is 2. The number of nitrogens with one attached hydrogen (secondary N) is 1. The molecule has 0 atom stereocenters. The number of benzene rings is 1. The summed E-state index contributed by atoms with van der Waals surface area (Å²) in [5.74, 6) is -0.0391. The van der Waals surface area contributed by atoms with Crippen LogP contribution in [0.15, 0.2) is 18.5 Å². The van der Waals surface area contributed by atoms with Gasteiger partial charge in [-0.25, -0.2) is 0 Å². The highest BCUT2D eigenvalue weighted by atomic mass is 35.5. The summed E-state index contributed by atoms with van der Waals surface area (Å²) in [7, 11) is 0. The Bertz CT molecular complexity index is 961. The molecule has 1 amide bonds. The van der Waals surface area contributed by atoms with Crippen LogP contribution in [0.4, 0.5) is 5.69 Å². The molecule has 0 spiro atoms. The van der Waals surface area contributed by atoms with Gasteiger partial charge in [0.2, 0.25) is 0 Å². The monoisotopic (exact) mass is 363 g/mol. The van der Waals surface area contributed by atoms with Crippen LogP contribution in [0, 0.1) is 0 Å². The summed E-state index contributed by atoms with van der Waals surface area (Å²) in [4.78, 5) is 14.8. The van der Waals surface area contributed by atoms with Crippen molar-refractivity contribution >= 4 is 45.7 Å². The Morgan fingerprint density at radius 1 is 1.38 bits per heavy atom. The normalized spacial score (nSPS) is 14.5. The van der Waals surface area contributed by atoms with Crippen LogP contribution in [0.5, 0.6) is 0 Å². The number of H-pyrrole nitrogens is 1. The van der Waals surface area contributed by atoms with E-state index >= 15 is 0 Å². The maximum Gasteiger partial charge on any atom is 0.271 e. The molecule has 6 nitrogen and oxygen atoms in total. The fraction of sp³-hybridized carbons (Fsp3) is 0.250. The molecule has 0 aliphatic carbocycles. The summed E-state index contributed by atoms with van der Waals surface area (Å²) in [5, 5.41) is 8.33. The Kier molecular flexibility index (Phi) is 3.47. The molecule has 1 aliphatic heterocycles. The molecule has 1 aromatic carbocycles. The van der Waals surface area contributed by atoms with Gasteiger partial charge in [0.1, 0.15) is 5.69 Å². The highest BCUT2D eigenvalue weighted by molar-refractivity contribution is 6.46. The lowest BCUT2D eigenvalue weighted by Gasteiger charge is -2.28. The van der Waals surface area contributed by atoms with Crippen LogP contribution in [0.3, 0.4) is 0 Å². The number of aromatic nitrogens is 3. The van der Waals surface area contributed by atoms with Gasteiger partial charge in [-0.1, -0.05) is 23.2 Å². The number of amides is 1. The number of carbonyl (C=O) groups excluding carboxylic acids is 1. The van der Waals surface area contributed by atoms with Crippen molar-refractivity contribution in [2.75, 3.05) is 18.8 Å². The molecule has 0 saturated heterocycles. The molecule has 0 bridgehead atoms. The van der Waals surface area contributed by atoms with Gasteiger partial charge in [-0.05, 0) is 13.0 Å². The maximum absolute atomic E-state index is 13.0. The molecule has 0 fully saturated rings. The second-order valence-corrected chi connectivity index (χ2v) is 6.52. The van der Waals surface area contributed by atoms with E-state index in [-0.39, 0.29) is 5.91 Å². The van der Waals surface area contributed by atoms with E-state index in [0.29, 0.717) is 46.6 Å². The van der Waals surface area contributed by atoms with Gasteiger partial charge in [0.15, 0.2) is 0 Å². The third kappa shape index (κ3) is 1.96. The predicted octanol–water partition coefficient (Wildman–Crippen LogP) is 3.40. The summed E-state index contributed by atoms with van der Waals surface area (Å²) in [5.41, 5.74) is 9.57. The zero-order chi connectivity index (χ0) is 17.0. The molecule has 124 valence electrons. The topological polar surface area (TPSA) is 79.9 Å². The first-order valence-electron chi connectivity index (χ1n) is 7.62. The lowest BCUT2D eigenvalue weighted by molar-refractivity contribution is 0.0718. The van der Waals surface area contributed by atoms with Gasteiger partial charge in [-0.3, -0.25) is 9.89 Å². The summed E-state index contributed by atoms with van der Waals surface area (Å²) < 4.78 is 1.93. The van der Waals surface area contributed by atoms with Crippen LogP contribution in [0.1, 0.15) is 17.4 Å². The standard InChI is InChI=1S/C16H15Cl2N5O/c1-2-22-3-4-23-14-12(10(19)5-9(17)13(14)18)11(15(23)16(22)24)8-6-20-21-7-8/h5-7H,2-4,19H2,1H3,(H,20,21). The van der Waals surface area contributed by atoms with E-state index in [1.807, 2.05) is 16.4 Å². The average Bonchev–Trinajstić information content (AvgIpc) is 3.18. The second-order valence-electron chi connectivity index (χ2n) is 5.73. The van der Waals surface area contributed by atoms with Gasteiger partial charge in [-0.15, -0.1) is 0 Å². The van der Waals surface area contributed by atoms with Crippen molar-refractivity contribution in [2.45, 2.75) is 13.5 Å². The minimum absolute atomic E-state index is 0.0391. The highest BCUT2D eigenvalue weighted by Crippen LogP contribution is 2.44. The van der Waals surface area contributed by atoms with Crippen molar-refractivity contribution in [3.63, 3.8) is 0 Å².